The van der Waals surface area contributed by atoms with Gasteiger partial charge < -0.3 is 25.3 Å². The molecule has 152 valence electrons. The highest BCUT2D eigenvalue weighted by Gasteiger charge is 2.14. The smallest absolute Gasteiger partial charge is 0.287 e. The Labute approximate surface area is 163 Å². The van der Waals surface area contributed by atoms with Crippen molar-refractivity contribution >= 4 is 11.9 Å². The lowest BCUT2D eigenvalue weighted by Gasteiger charge is -2.30. The summed E-state index contributed by atoms with van der Waals surface area (Å²) >= 11 is 0. The highest BCUT2D eigenvalue weighted by Crippen LogP contribution is 2.15. The molecule has 7 heteroatoms. The molecule has 1 amide bonds. The molecule has 0 aliphatic carbocycles. The summed E-state index contributed by atoms with van der Waals surface area (Å²) in [5.41, 5.74) is 0.856. The second-order valence-electron chi connectivity index (χ2n) is 7.35. The zero-order valence-electron chi connectivity index (χ0n) is 17.0. The fraction of sp³-hybridized carbons (Fsp3) is 0.700. The quantitative estimate of drug-likeness (QED) is 0.348. The molecule has 2 rings (SSSR count). The summed E-state index contributed by atoms with van der Waals surface area (Å²) in [5, 5.41) is 9.51. The van der Waals surface area contributed by atoms with Crippen LogP contribution in [0.1, 0.15) is 48.7 Å². The summed E-state index contributed by atoms with van der Waals surface area (Å²) in [4.78, 5) is 18.7. The Morgan fingerprint density at radius 2 is 1.85 bits per heavy atom. The van der Waals surface area contributed by atoms with Crippen molar-refractivity contribution in [2.45, 2.75) is 39.5 Å². The van der Waals surface area contributed by atoms with E-state index in [1.54, 1.807) is 13.1 Å². The Morgan fingerprint density at radius 3 is 2.48 bits per heavy atom. The Morgan fingerprint density at radius 1 is 1.19 bits per heavy atom. The molecule has 2 heterocycles. The van der Waals surface area contributed by atoms with E-state index in [1.165, 1.54) is 32.2 Å². The Hall–Kier alpha value is -2.02. The maximum absolute atomic E-state index is 11.9. The Kier molecular flexibility index (Phi) is 9.18. The third kappa shape index (κ3) is 7.62. The summed E-state index contributed by atoms with van der Waals surface area (Å²) in [6.07, 6.45) is 6.12. The van der Waals surface area contributed by atoms with Gasteiger partial charge in [0.05, 0.1) is 6.26 Å². The van der Waals surface area contributed by atoms with Gasteiger partial charge in [0.15, 0.2) is 11.7 Å². The van der Waals surface area contributed by atoms with Crippen LogP contribution < -0.4 is 16.0 Å². The van der Waals surface area contributed by atoms with Gasteiger partial charge in [0.25, 0.3) is 5.91 Å². The number of carbonyl (C=O) groups excluding carboxylic acids is 1. The number of hydrogen-bond acceptors (Lipinski definition) is 4. The molecule has 1 aromatic rings. The van der Waals surface area contributed by atoms with E-state index in [4.69, 9.17) is 4.42 Å². The molecule has 0 atom stereocenters. The maximum atomic E-state index is 11.9. The molecule has 1 aliphatic rings. The van der Waals surface area contributed by atoms with Crippen molar-refractivity contribution in [3.05, 3.63) is 23.7 Å². The fourth-order valence-electron chi connectivity index (χ4n) is 3.20. The van der Waals surface area contributed by atoms with Gasteiger partial charge in [-0.1, -0.05) is 6.92 Å². The van der Waals surface area contributed by atoms with Gasteiger partial charge in [-0.05, 0) is 64.2 Å². The van der Waals surface area contributed by atoms with Crippen LogP contribution in [0.25, 0.3) is 0 Å². The minimum absolute atomic E-state index is 0.160. The molecule has 1 saturated heterocycles. The summed E-state index contributed by atoms with van der Waals surface area (Å²) in [7, 11) is 1.78. The zero-order chi connectivity index (χ0) is 19.5. The fourth-order valence-corrected chi connectivity index (χ4v) is 3.20. The molecule has 3 N–H and O–H groups in total. The average molecular weight is 378 g/mol. The van der Waals surface area contributed by atoms with Crippen LogP contribution in [-0.4, -0.2) is 63.1 Å². The maximum Gasteiger partial charge on any atom is 0.287 e. The van der Waals surface area contributed by atoms with Gasteiger partial charge in [-0.2, -0.15) is 0 Å². The summed E-state index contributed by atoms with van der Waals surface area (Å²) < 4.78 is 5.18. The van der Waals surface area contributed by atoms with E-state index in [0.717, 1.165) is 49.9 Å². The standard InChI is InChI=1S/C20H35N5O2/c1-16-6-13-25(14-7-16)12-5-11-24-20(21-3)23-10-4-9-22-19(26)18-17(2)8-15-27-18/h8,15-16H,4-7,9-14H2,1-3H3,(H,22,26)(H2,21,23,24). The van der Waals surface area contributed by atoms with Crippen LogP contribution in [0.3, 0.4) is 0 Å². The molecule has 0 saturated carbocycles. The first-order valence-electron chi connectivity index (χ1n) is 10.1. The highest BCUT2D eigenvalue weighted by molar-refractivity contribution is 5.92. The Bertz CT molecular complexity index is 591. The number of aliphatic imine (C=N–C) groups is 1. The SMILES string of the molecule is CN=C(NCCCNC(=O)c1occc1C)NCCCN1CCC(C)CC1. The third-order valence-corrected chi connectivity index (χ3v) is 5.04. The molecule has 0 spiro atoms. The van der Waals surface area contributed by atoms with Crippen molar-refractivity contribution in [3.63, 3.8) is 0 Å². The highest BCUT2D eigenvalue weighted by atomic mass is 16.3. The molecule has 0 aromatic carbocycles. The number of aryl methyl sites for hydroxylation is 1. The molecule has 27 heavy (non-hydrogen) atoms. The minimum Gasteiger partial charge on any atom is -0.459 e. The number of furan rings is 1. The number of carbonyl (C=O) groups is 1. The number of likely N-dealkylation sites (tertiary alicyclic amines) is 1. The number of piperidine rings is 1. The summed E-state index contributed by atoms with van der Waals surface area (Å²) in [6.45, 7) is 10.1. The average Bonchev–Trinajstić information content (AvgIpc) is 3.10. The number of hydrogen-bond donors (Lipinski definition) is 3. The molecular weight excluding hydrogens is 342 g/mol. The van der Waals surface area contributed by atoms with E-state index in [-0.39, 0.29) is 5.91 Å². The molecule has 1 aromatic heterocycles. The van der Waals surface area contributed by atoms with Gasteiger partial charge in [0.1, 0.15) is 0 Å². The molecular formula is C20H35N5O2. The molecule has 1 fully saturated rings. The van der Waals surface area contributed by atoms with E-state index >= 15 is 0 Å². The lowest BCUT2D eigenvalue weighted by Crippen LogP contribution is -2.40. The van der Waals surface area contributed by atoms with E-state index in [9.17, 15) is 4.79 Å². The molecule has 7 nitrogen and oxygen atoms in total. The predicted octanol–water partition coefficient (Wildman–Crippen LogP) is 1.99. The molecule has 1 aliphatic heterocycles. The van der Waals surface area contributed by atoms with Gasteiger partial charge >= 0.3 is 0 Å². The van der Waals surface area contributed by atoms with Crippen LogP contribution in [-0.2, 0) is 0 Å². The number of rotatable bonds is 9. The van der Waals surface area contributed by atoms with Crippen molar-refractivity contribution in [2.75, 3.05) is 46.3 Å². The summed E-state index contributed by atoms with van der Waals surface area (Å²) in [6, 6.07) is 1.79. The first-order valence-corrected chi connectivity index (χ1v) is 10.1. The first kappa shape index (κ1) is 21.3. The van der Waals surface area contributed by atoms with Crippen molar-refractivity contribution in [1.82, 2.24) is 20.9 Å². The van der Waals surface area contributed by atoms with Crippen molar-refractivity contribution < 1.29 is 9.21 Å². The number of amides is 1. The van der Waals surface area contributed by atoms with E-state index < -0.39 is 0 Å². The Balaban J connectivity index is 1.50. The first-order chi connectivity index (χ1) is 13.1. The van der Waals surface area contributed by atoms with Crippen LogP contribution in [0.5, 0.6) is 0 Å². The van der Waals surface area contributed by atoms with E-state index in [0.29, 0.717) is 12.3 Å². The van der Waals surface area contributed by atoms with Crippen LogP contribution in [0.4, 0.5) is 0 Å². The van der Waals surface area contributed by atoms with Crippen LogP contribution in [0.15, 0.2) is 21.7 Å². The molecule has 0 radical (unpaired) electrons. The normalized spacial score (nSPS) is 16.3. The molecule has 0 bridgehead atoms. The lowest BCUT2D eigenvalue weighted by molar-refractivity contribution is 0.0925. The van der Waals surface area contributed by atoms with Gasteiger partial charge in [-0.15, -0.1) is 0 Å². The third-order valence-electron chi connectivity index (χ3n) is 5.04. The largest absolute Gasteiger partial charge is 0.459 e. The lowest BCUT2D eigenvalue weighted by atomic mass is 9.99. The van der Waals surface area contributed by atoms with Crippen LogP contribution in [0.2, 0.25) is 0 Å². The van der Waals surface area contributed by atoms with Crippen molar-refractivity contribution in [2.24, 2.45) is 10.9 Å². The predicted molar refractivity (Wildman–Crippen MR) is 109 cm³/mol. The van der Waals surface area contributed by atoms with Gasteiger partial charge in [-0.25, -0.2) is 0 Å². The monoisotopic (exact) mass is 377 g/mol. The molecule has 0 unspecified atom stereocenters. The van der Waals surface area contributed by atoms with E-state index in [2.05, 4.69) is 32.8 Å². The summed E-state index contributed by atoms with van der Waals surface area (Å²) in [5.74, 6) is 1.93. The van der Waals surface area contributed by atoms with Crippen molar-refractivity contribution in [3.8, 4) is 0 Å². The van der Waals surface area contributed by atoms with Gasteiger partial charge in [0, 0.05) is 32.2 Å². The van der Waals surface area contributed by atoms with Crippen LogP contribution >= 0.6 is 0 Å². The number of guanidine groups is 1. The number of nitrogens with one attached hydrogen (secondary N) is 3. The van der Waals surface area contributed by atoms with Gasteiger partial charge in [0.2, 0.25) is 0 Å². The zero-order valence-corrected chi connectivity index (χ0v) is 17.0. The van der Waals surface area contributed by atoms with Crippen molar-refractivity contribution in [1.29, 1.82) is 0 Å². The van der Waals surface area contributed by atoms with Crippen LogP contribution in [0, 0.1) is 12.8 Å². The topological polar surface area (TPSA) is 81.9 Å². The number of nitrogens with zero attached hydrogens (tertiary/aromatic N) is 2. The minimum atomic E-state index is -0.160. The second-order valence-corrected chi connectivity index (χ2v) is 7.35. The van der Waals surface area contributed by atoms with Gasteiger partial charge in [-0.3, -0.25) is 9.79 Å². The second kappa shape index (κ2) is 11.6. The van der Waals surface area contributed by atoms with E-state index in [1.807, 2.05) is 6.92 Å².